The molecule has 110 valence electrons. The molecule has 0 saturated heterocycles. The number of carbonyl (C=O) groups is 1. The molecule has 2 rings (SSSR count). The van der Waals surface area contributed by atoms with Gasteiger partial charge in [0.15, 0.2) is 5.13 Å². The Balaban J connectivity index is 2.05. The van der Waals surface area contributed by atoms with Crippen molar-refractivity contribution in [3.63, 3.8) is 0 Å². The Kier molecular flexibility index (Phi) is 4.99. The van der Waals surface area contributed by atoms with E-state index in [1.165, 1.54) is 29.6 Å². The normalized spacial score (nSPS) is 11.0. The van der Waals surface area contributed by atoms with Gasteiger partial charge in [0.05, 0.1) is 5.69 Å². The van der Waals surface area contributed by atoms with Crippen molar-refractivity contribution in [2.45, 2.75) is 13.5 Å². The van der Waals surface area contributed by atoms with Crippen molar-refractivity contribution in [1.29, 1.82) is 0 Å². The minimum atomic E-state index is -2.91. The number of ether oxygens (including phenoxy) is 1. The van der Waals surface area contributed by atoms with Crippen molar-refractivity contribution in [2.75, 3.05) is 5.32 Å². The second kappa shape index (κ2) is 6.94. The van der Waals surface area contributed by atoms with Crippen molar-refractivity contribution in [2.24, 2.45) is 0 Å². The van der Waals surface area contributed by atoms with Gasteiger partial charge in [-0.25, -0.2) is 4.98 Å². The Labute approximate surface area is 124 Å². The van der Waals surface area contributed by atoms with Crippen LogP contribution in [0.3, 0.4) is 0 Å². The van der Waals surface area contributed by atoms with Gasteiger partial charge in [-0.05, 0) is 19.1 Å². The summed E-state index contributed by atoms with van der Waals surface area (Å²) in [7, 11) is 0. The molecule has 0 saturated carbocycles. The van der Waals surface area contributed by atoms with E-state index in [2.05, 4.69) is 15.0 Å². The fourth-order valence-electron chi connectivity index (χ4n) is 1.55. The fraction of sp³-hybridized carbons (Fsp3) is 0.143. The largest absolute Gasteiger partial charge is 0.434 e. The van der Waals surface area contributed by atoms with Crippen molar-refractivity contribution in [3.8, 4) is 5.75 Å². The summed E-state index contributed by atoms with van der Waals surface area (Å²) in [6.45, 7) is -1.09. The third-order valence-corrected chi connectivity index (χ3v) is 3.27. The smallest absolute Gasteiger partial charge is 0.387 e. The Bertz CT molecular complexity index is 656. The second-order valence-electron chi connectivity index (χ2n) is 4.03. The van der Waals surface area contributed by atoms with Gasteiger partial charge < -0.3 is 4.74 Å². The summed E-state index contributed by atoms with van der Waals surface area (Å²) in [5.74, 6) is -0.377. The molecule has 7 heteroatoms. The molecule has 0 aliphatic carbocycles. The van der Waals surface area contributed by atoms with Gasteiger partial charge in [-0.15, -0.1) is 11.3 Å². The number of thiazole rings is 1. The van der Waals surface area contributed by atoms with Gasteiger partial charge in [-0.3, -0.25) is 10.1 Å². The summed E-state index contributed by atoms with van der Waals surface area (Å²) in [4.78, 5) is 15.8. The average molecular weight is 310 g/mol. The highest BCUT2D eigenvalue weighted by atomic mass is 32.1. The van der Waals surface area contributed by atoms with Gasteiger partial charge in [0, 0.05) is 17.0 Å². The monoisotopic (exact) mass is 310 g/mol. The third kappa shape index (κ3) is 4.64. The minimum absolute atomic E-state index is 0.0154. The predicted molar refractivity (Wildman–Crippen MR) is 77.6 cm³/mol. The molecule has 0 atom stereocenters. The van der Waals surface area contributed by atoms with Crippen LogP contribution in [-0.4, -0.2) is 17.5 Å². The maximum Gasteiger partial charge on any atom is 0.387 e. The average Bonchev–Trinajstić information content (AvgIpc) is 2.82. The fourth-order valence-corrected chi connectivity index (χ4v) is 2.24. The number of rotatable bonds is 5. The Hall–Kier alpha value is -2.28. The summed E-state index contributed by atoms with van der Waals surface area (Å²) in [5.41, 5.74) is 1.21. The Morgan fingerprint density at radius 3 is 2.86 bits per heavy atom. The van der Waals surface area contributed by atoms with Gasteiger partial charge in [0.1, 0.15) is 5.75 Å². The summed E-state index contributed by atoms with van der Waals surface area (Å²) >= 11 is 1.31. The number of hydrogen-bond acceptors (Lipinski definition) is 4. The topological polar surface area (TPSA) is 51.2 Å². The number of halogens is 2. The van der Waals surface area contributed by atoms with Crippen LogP contribution < -0.4 is 10.1 Å². The van der Waals surface area contributed by atoms with Gasteiger partial charge in [0.2, 0.25) is 5.91 Å². The maximum absolute atomic E-state index is 12.3. The molecule has 1 aromatic carbocycles. The molecule has 0 bridgehead atoms. The van der Waals surface area contributed by atoms with Gasteiger partial charge in [-0.2, -0.15) is 8.78 Å². The van der Waals surface area contributed by atoms with Crippen molar-refractivity contribution < 1.29 is 18.3 Å². The number of aryl methyl sites for hydroxylation is 1. The van der Waals surface area contributed by atoms with E-state index in [9.17, 15) is 13.6 Å². The lowest BCUT2D eigenvalue weighted by Gasteiger charge is -2.07. The highest BCUT2D eigenvalue weighted by Crippen LogP contribution is 2.21. The molecule has 0 fully saturated rings. The number of aromatic nitrogens is 1. The summed E-state index contributed by atoms with van der Waals surface area (Å²) in [6, 6.07) is 6.23. The standard InChI is InChI=1S/C14H12F2N2O2S/c1-9-8-21-14(17-9)18-12(19)7-6-10-4-2-3-5-11(10)20-13(15)16/h2-8,13H,1H3,(H,17,18,19)/b7-6+. The third-order valence-electron chi connectivity index (χ3n) is 2.40. The second-order valence-corrected chi connectivity index (χ2v) is 4.89. The molecule has 1 heterocycles. The molecule has 1 N–H and O–H groups in total. The molecule has 0 aliphatic heterocycles. The molecule has 0 spiro atoms. The van der Waals surface area contributed by atoms with E-state index in [0.717, 1.165) is 5.69 Å². The van der Waals surface area contributed by atoms with E-state index >= 15 is 0 Å². The molecule has 2 aromatic rings. The van der Waals surface area contributed by atoms with Crippen LogP contribution in [0.25, 0.3) is 6.08 Å². The first-order valence-electron chi connectivity index (χ1n) is 5.99. The van der Waals surface area contributed by atoms with E-state index in [1.54, 1.807) is 18.2 Å². The number of nitrogens with one attached hydrogen (secondary N) is 1. The summed E-state index contributed by atoms with van der Waals surface area (Å²) in [5, 5.41) is 4.88. The lowest BCUT2D eigenvalue weighted by Crippen LogP contribution is -2.07. The van der Waals surface area contributed by atoms with E-state index in [-0.39, 0.29) is 5.75 Å². The first-order valence-corrected chi connectivity index (χ1v) is 6.87. The van der Waals surface area contributed by atoms with Crippen LogP contribution in [0.2, 0.25) is 0 Å². The molecule has 21 heavy (non-hydrogen) atoms. The van der Waals surface area contributed by atoms with Crippen LogP contribution >= 0.6 is 11.3 Å². The number of benzene rings is 1. The Morgan fingerprint density at radius 1 is 1.43 bits per heavy atom. The molecule has 0 aliphatic rings. The van der Waals surface area contributed by atoms with Crippen LogP contribution in [0.5, 0.6) is 5.75 Å². The molecule has 0 unspecified atom stereocenters. The number of hydrogen-bond donors (Lipinski definition) is 1. The van der Waals surface area contributed by atoms with Gasteiger partial charge in [0.25, 0.3) is 0 Å². The number of alkyl halides is 2. The maximum atomic E-state index is 12.3. The van der Waals surface area contributed by atoms with Crippen molar-refractivity contribution in [1.82, 2.24) is 4.98 Å². The lowest BCUT2D eigenvalue weighted by molar-refractivity contribution is -0.111. The molecule has 4 nitrogen and oxygen atoms in total. The number of para-hydroxylation sites is 1. The van der Waals surface area contributed by atoms with E-state index < -0.39 is 12.5 Å². The van der Waals surface area contributed by atoms with Crippen LogP contribution in [0.4, 0.5) is 13.9 Å². The van der Waals surface area contributed by atoms with Gasteiger partial charge in [-0.1, -0.05) is 18.2 Å². The predicted octanol–water partition coefficient (Wildman–Crippen LogP) is 3.70. The van der Waals surface area contributed by atoms with E-state index in [1.807, 2.05) is 12.3 Å². The van der Waals surface area contributed by atoms with Crippen LogP contribution in [0, 0.1) is 6.92 Å². The number of nitrogens with zero attached hydrogens (tertiary/aromatic N) is 1. The quantitative estimate of drug-likeness (QED) is 0.857. The highest BCUT2D eigenvalue weighted by molar-refractivity contribution is 7.13. The SMILES string of the molecule is Cc1csc(NC(=O)/C=C/c2ccccc2OC(F)F)n1. The number of amides is 1. The zero-order valence-electron chi connectivity index (χ0n) is 11.0. The van der Waals surface area contributed by atoms with Gasteiger partial charge >= 0.3 is 6.61 Å². The Morgan fingerprint density at radius 2 is 2.19 bits per heavy atom. The first kappa shape index (κ1) is 15.1. The zero-order valence-corrected chi connectivity index (χ0v) is 11.9. The molecule has 1 aromatic heterocycles. The van der Waals surface area contributed by atoms with E-state index in [4.69, 9.17) is 0 Å². The summed E-state index contributed by atoms with van der Waals surface area (Å²) in [6.07, 6.45) is 2.65. The summed E-state index contributed by atoms with van der Waals surface area (Å²) < 4.78 is 28.9. The first-order chi connectivity index (χ1) is 10.0. The molecular weight excluding hydrogens is 298 g/mol. The molecule has 1 amide bonds. The van der Waals surface area contributed by atoms with Crippen LogP contribution in [0.1, 0.15) is 11.3 Å². The number of anilines is 1. The number of carbonyl (C=O) groups excluding carboxylic acids is 1. The lowest BCUT2D eigenvalue weighted by atomic mass is 10.2. The molecule has 0 radical (unpaired) electrons. The van der Waals surface area contributed by atoms with Crippen molar-refractivity contribution in [3.05, 3.63) is 47.0 Å². The zero-order chi connectivity index (χ0) is 15.2. The van der Waals surface area contributed by atoms with Crippen LogP contribution in [-0.2, 0) is 4.79 Å². The minimum Gasteiger partial charge on any atom is -0.434 e. The highest BCUT2D eigenvalue weighted by Gasteiger charge is 2.07. The molecular formula is C14H12F2N2O2S. The van der Waals surface area contributed by atoms with Crippen molar-refractivity contribution >= 4 is 28.5 Å². The van der Waals surface area contributed by atoms with Crippen LogP contribution in [0.15, 0.2) is 35.7 Å². The van der Waals surface area contributed by atoms with E-state index in [0.29, 0.717) is 10.7 Å².